The van der Waals surface area contributed by atoms with E-state index >= 15 is 0 Å². The molecule has 0 radical (unpaired) electrons. The second-order valence-corrected chi connectivity index (χ2v) is 5.24. The molecular weight excluding hydrogens is 263 g/mol. The molecule has 0 aliphatic rings. The maximum absolute atomic E-state index is 12.9. The highest BCUT2D eigenvalue weighted by atomic mass is 32.1. The van der Waals surface area contributed by atoms with Gasteiger partial charge >= 0.3 is 0 Å². The molecule has 3 nitrogen and oxygen atoms in total. The molecule has 0 aliphatic heterocycles. The number of hydrogen-bond acceptors (Lipinski definition) is 3. The standard InChI is InChI=1S/C14H15FN2OS/c15-10-6-7-13(12(16)9-10)17-14(18)5-1-3-11-4-2-8-19-11/h2,4,6-9H,1,3,5,16H2,(H,17,18). The van der Waals surface area contributed by atoms with E-state index in [1.54, 1.807) is 11.3 Å². The van der Waals surface area contributed by atoms with Crippen molar-refractivity contribution in [3.05, 3.63) is 46.4 Å². The molecule has 0 bridgehead atoms. The van der Waals surface area contributed by atoms with Crippen molar-refractivity contribution in [1.82, 2.24) is 0 Å². The Morgan fingerprint density at radius 1 is 1.37 bits per heavy atom. The number of carbonyl (C=O) groups excluding carboxylic acids is 1. The van der Waals surface area contributed by atoms with Crippen LogP contribution in [0.2, 0.25) is 0 Å². The van der Waals surface area contributed by atoms with Crippen LogP contribution < -0.4 is 11.1 Å². The fraction of sp³-hybridized carbons (Fsp3) is 0.214. The number of thiophene rings is 1. The Kier molecular flexibility index (Phi) is 4.52. The maximum Gasteiger partial charge on any atom is 0.224 e. The fourth-order valence-electron chi connectivity index (χ4n) is 1.74. The number of nitrogen functional groups attached to an aromatic ring is 1. The second-order valence-electron chi connectivity index (χ2n) is 4.21. The number of rotatable bonds is 5. The lowest BCUT2D eigenvalue weighted by molar-refractivity contribution is -0.116. The Morgan fingerprint density at radius 2 is 2.21 bits per heavy atom. The molecule has 19 heavy (non-hydrogen) atoms. The molecule has 1 aromatic heterocycles. The average molecular weight is 278 g/mol. The topological polar surface area (TPSA) is 55.1 Å². The lowest BCUT2D eigenvalue weighted by atomic mass is 10.2. The van der Waals surface area contributed by atoms with Crippen molar-refractivity contribution in [1.29, 1.82) is 0 Å². The van der Waals surface area contributed by atoms with Crippen LogP contribution in [0, 0.1) is 5.82 Å². The van der Waals surface area contributed by atoms with Crippen LogP contribution >= 0.6 is 11.3 Å². The first-order valence-corrected chi connectivity index (χ1v) is 6.90. The molecular formula is C14H15FN2OS. The molecule has 3 N–H and O–H groups in total. The summed E-state index contributed by atoms with van der Waals surface area (Å²) in [5, 5.41) is 4.71. The van der Waals surface area contributed by atoms with Gasteiger partial charge in [0.2, 0.25) is 5.91 Å². The maximum atomic E-state index is 12.9. The van der Waals surface area contributed by atoms with Gasteiger partial charge in [-0.25, -0.2) is 4.39 Å². The molecule has 2 aromatic rings. The highest BCUT2D eigenvalue weighted by Gasteiger charge is 2.06. The van der Waals surface area contributed by atoms with Crippen molar-refractivity contribution in [3.8, 4) is 0 Å². The van der Waals surface area contributed by atoms with E-state index in [0.29, 0.717) is 12.1 Å². The first-order chi connectivity index (χ1) is 9.15. The minimum absolute atomic E-state index is 0.102. The Labute approximate surface area is 115 Å². The molecule has 1 amide bonds. The van der Waals surface area contributed by atoms with Crippen LogP contribution in [0.15, 0.2) is 35.7 Å². The summed E-state index contributed by atoms with van der Waals surface area (Å²) in [6.45, 7) is 0. The molecule has 2 rings (SSSR count). The third-order valence-electron chi connectivity index (χ3n) is 2.69. The van der Waals surface area contributed by atoms with Crippen molar-refractivity contribution >= 4 is 28.6 Å². The molecule has 100 valence electrons. The van der Waals surface area contributed by atoms with E-state index in [4.69, 9.17) is 5.73 Å². The third kappa shape index (κ3) is 4.06. The molecule has 0 saturated heterocycles. The predicted molar refractivity (Wildman–Crippen MR) is 76.7 cm³/mol. The normalized spacial score (nSPS) is 10.4. The van der Waals surface area contributed by atoms with Crippen molar-refractivity contribution in [2.24, 2.45) is 0 Å². The number of nitrogens with one attached hydrogen (secondary N) is 1. The number of nitrogens with two attached hydrogens (primary N) is 1. The zero-order valence-electron chi connectivity index (χ0n) is 10.4. The van der Waals surface area contributed by atoms with Gasteiger partial charge in [-0.05, 0) is 42.5 Å². The number of hydrogen-bond donors (Lipinski definition) is 2. The molecule has 1 aromatic carbocycles. The van der Waals surface area contributed by atoms with E-state index in [-0.39, 0.29) is 11.6 Å². The highest BCUT2D eigenvalue weighted by molar-refractivity contribution is 7.09. The minimum atomic E-state index is -0.409. The second kappa shape index (κ2) is 6.33. The van der Waals surface area contributed by atoms with Crippen LogP contribution in [0.3, 0.4) is 0 Å². The van der Waals surface area contributed by atoms with Crippen LogP contribution in [-0.2, 0) is 11.2 Å². The summed E-state index contributed by atoms with van der Waals surface area (Å²) < 4.78 is 12.9. The van der Waals surface area contributed by atoms with Gasteiger partial charge in [0.1, 0.15) is 5.82 Å². The molecule has 5 heteroatoms. The van der Waals surface area contributed by atoms with Crippen molar-refractivity contribution in [2.45, 2.75) is 19.3 Å². The summed E-state index contributed by atoms with van der Waals surface area (Å²) >= 11 is 1.69. The first-order valence-electron chi connectivity index (χ1n) is 6.02. The van der Waals surface area contributed by atoms with Gasteiger partial charge in [-0.3, -0.25) is 4.79 Å². The van der Waals surface area contributed by atoms with Crippen LogP contribution in [0.25, 0.3) is 0 Å². The summed E-state index contributed by atoms with van der Waals surface area (Å²) in [4.78, 5) is 13.0. The third-order valence-corrected chi connectivity index (χ3v) is 3.63. The fourth-order valence-corrected chi connectivity index (χ4v) is 2.49. The van der Waals surface area contributed by atoms with E-state index in [1.165, 1.54) is 23.1 Å². The number of aryl methyl sites for hydroxylation is 1. The smallest absolute Gasteiger partial charge is 0.224 e. The lowest BCUT2D eigenvalue weighted by Crippen LogP contribution is -2.12. The number of carbonyl (C=O) groups is 1. The lowest BCUT2D eigenvalue weighted by Gasteiger charge is -2.07. The number of halogens is 1. The van der Waals surface area contributed by atoms with Crippen molar-refractivity contribution in [3.63, 3.8) is 0 Å². The van der Waals surface area contributed by atoms with Gasteiger partial charge in [-0.2, -0.15) is 0 Å². The van der Waals surface area contributed by atoms with E-state index in [9.17, 15) is 9.18 Å². The molecule has 0 unspecified atom stereocenters. The average Bonchev–Trinajstić information content (AvgIpc) is 2.86. The molecule has 0 fully saturated rings. The predicted octanol–water partition coefficient (Wildman–Crippen LogP) is 3.43. The number of amides is 1. The van der Waals surface area contributed by atoms with E-state index in [0.717, 1.165) is 12.8 Å². The monoisotopic (exact) mass is 278 g/mol. The Bertz CT molecular complexity index is 555. The zero-order chi connectivity index (χ0) is 13.7. The molecule has 0 spiro atoms. The summed E-state index contributed by atoms with van der Waals surface area (Å²) in [5.41, 5.74) is 6.33. The quantitative estimate of drug-likeness (QED) is 0.823. The van der Waals surface area contributed by atoms with Gasteiger partial charge in [0.25, 0.3) is 0 Å². The van der Waals surface area contributed by atoms with Gasteiger partial charge in [0.15, 0.2) is 0 Å². The van der Waals surface area contributed by atoms with Crippen LogP contribution in [0.5, 0.6) is 0 Å². The Hall–Kier alpha value is -1.88. The number of anilines is 2. The van der Waals surface area contributed by atoms with Gasteiger partial charge in [0, 0.05) is 11.3 Å². The minimum Gasteiger partial charge on any atom is -0.397 e. The Balaban J connectivity index is 1.80. The summed E-state index contributed by atoms with van der Waals surface area (Å²) in [6, 6.07) is 8.00. The van der Waals surface area contributed by atoms with Gasteiger partial charge < -0.3 is 11.1 Å². The van der Waals surface area contributed by atoms with Gasteiger partial charge in [-0.1, -0.05) is 6.07 Å². The zero-order valence-corrected chi connectivity index (χ0v) is 11.2. The van der Waals surface area contributed by atoms with Crippen molar-refractivity contribution in [2.75, 3.05) is 11.1 Å². The molecule has 0 saturated carbocycles. The van der Waals surface area contributed by atoms with Gasteiger partial charge in [-0.15, -0.1) is 11.3 Å². The largest absolute Gasteiger partial charge is 0.397 e. The first kappa shape index (κ1) is 13.5. The van der Waals surface area contributed by atoms with E-state index < -0.39 is 5.82 Å². The van der Waals surface area contributed by atoms with Gasteiger partial charge in [0.05, 0.1) is 11.4 Å². The molecule has 0 aliphatic carbocycles. The summed E-state index contributed by atoms with van der Waals surface area (Å²) in [6.07, 6.45) is 2.10. The van der Waals surface area contributed by atoms with Crippen LogP contribution in [0.4, 0.5) is 15.8 Å². The van der Waals surface area contributed by atoms with E-state index in [2.05, 4.69) is 11.4 Å². The Morgan fingerprint density at radius 3 is 2.89 bits per heavy atom. The van der Waals surface area contributed by atoms with Crippen molar-refractivity contribution < 1.29 is 9.18 Å². The highest BCUT2D eigenvalue weighted by Crippen LogP contribution is 2.19. The van der Waals surface area contributed by atoms with Crippen LogP contribution in [-0.4, -0.2) is 5.91 Å². The SMILES string of the molecule is Nc1cc(F)ccc1NC(=O)CCCc1cccs1. The molecule has 1 heterocycles. The number of benzene rings is 1. The summed E-state index contributed by atoms with van der Waals surface area (Å²) in [5.74, 6) is -0.511. The molecule has 0 atom stereocenters. The summed E-state index contributed by atoms with van der Waals surface area (Å²) in [7, 11) is 0. The van der Waals surface area contributed by atoms with Crippen LogP contribution in [0.1, 0.15) is 17.7 Å². The van der Waals surface area contributed by atoms with E-state index in [1.807, 2.05) is 11.4 Å².